The predicted molar refractivity (Wildman–Crippen MR) is 95.8 cm³/mol. The highest BCUT2D eigenvalue weighted by Crippen LogP contribution is 2.25. The minimum Gasteiger partial charge on any atom is -0.508 e. The van der Waals surface area contributed by atoms with Crippen LogP contribution in [0, 0.1) is 0 Å². The summed E-state index contributed by atoms with van der Waals surface area (Å²) in [7, 11) is 1.94. The number of phenols is 1. The second-order valence-electron chi connectivity index (χ2n) is 5.68. The summed E-state index contributed by atoms with van der Waals surface area (Å²) in [6, 6.07) is 11.6. The van der Waals surface area contributed by atoms with Gasteiger partial charge in [-0.15, -0.1) is 0 Å². The van der Waals surface area contributed by atoms with Crippen molar-refractivity contribution in [1.82, 2.24) is 4.90 Å². The van der Waals surface area contributed by atoms with Crippen LogP contribution in [0.25, 0.3) is 11.0 Å². The van der Waals surface area contributed by atoms with Gasteiger partial charge in [-0.1, -0.05) is 29.3 Å². The van der Waals surface area contributed by atoms with E-state index in [0.717, 1.165) is 16.5 Å². The molecule has 1 aromatic heterocycles. The molecule has 6 heteroatoms. The molecule has 2 aromatic carbocycles. The largest absolute Gasteiger partial charge is 0.508 e. The molecule has 0 aliphatic heterocycles. The van der Waals surface area contributed by atoms with Gasteiger partial charge in [-0.05, 0) is 42.4 Å². The fourth-order valence-corrected chi connectivity index (χ4v) is 3.11. The number of fused-ring (bicyclic) bond motifs is 1. The van der Waals surface area contributed by atoms with Crippen LogP contribution in [0.15, 0.2) is 51.7 Å². The Morgan fingerprint density at radius 2 is 1.79 bits per heavy atom. The van der Waals surface area contributed by atoms with Crippen molar-refractivity contribution in [3.63, 3.8) is 0 Å². The zero-order valence-electron chi connectivity index (χ0n) is 12.9. The molecule has 3 rings (SSSR count). The van der Waals surface area contributed by atoms with Crippen molar-refractivity contribution in [3.8, 4) is 5.75 Å². The zero-order chi connectivity index (χ0) is 17.3. The molecular weight excluding hydrogens is 349 g/mol. The van der Waals surface area contributed by atoms with Crippen LogP contribution < -0.4 is 5.63 Å². The molecule has 0 fully saturated rings. The molecule has 4 nitrogen and oxygen atoms in total. The van der Waals surface area contributed by atoms with Gasteiger partial charge in [0.1, 0.15) is 11.3 Å². The second-order valence-corrected chi connectivity index (χ2v) is 6.52. The first-order chi connectivity index (χ1) is 11.4. The van der Waals surface area contributed by atoms with Gasteiger partial charge in [0.05, 0.1) is 0 Å². The van der Waals surface area contributed by atoms with Gasteiger partial charge in [-0.2, -0.15) is 0 Å². The van der Waals surface area contributed by atoms with Crippen molar-refractivity contribution in [1.29, 1.82) is 0 Å². The van der Waals surface area contributed by atoms with E-state index in [4.69, 9.17) is 27.6 Å². The van der Waals surface area contributed by atoms with Crippen LogP contribution in [0.5, 0.6) is 5.75 Å². The Hall–Kier alpha value is -2.01. The van der Waals surface area contributed by atoms with Crippen molar-refractivity contribution in [2.75, 3.05) is 7.05 Å². The van der Waals surface area contributed by atoms with Crippen LogP contribution in [0.4, 0.5) is 0 Å². The Morgan fingerprint density at radius 3 is 2.54 bits per heavy atom. The number of phenolic OH excluding ortho intramolecular Hbond substituents is 1. The van der Waals surface area contributed by atoms with E-state index in [2.05, 4.69) is 0 Å². The highest BCUT2D eigenvalue weighted by Gasteiger charge is 2.11. The van der Waals surface area contributed by atoms with E-state index >= 15 is 0 Å². The molecular formula is C18H15Cl2NO3. The molecule has 0 aliphatic rings. The molecule has 24 heavy (non-hydrogen) atoms. The molecule has 0 saturated heterocycles. The van der Waals surface area contributed by atoms with E-state index in [1.807, 2.05) is 18.0 Å². The maximum Gasteiger partial charge on any atom is 0.336 e. The molecule has 124 valence electrons. The first-order valence-corrected chi connectivity index (χ1v) is 8.06. The van der Waals surface area contributed by atoms with E-state index in [0.29, 0.717) is 28.7 Å². The molecule has 0 spiro atoms. The fraction of sp³-hybridized carbons (Fsp3) is 0.167. The number of hydrogen-bond acceptors (Lipinski definition) is 4. The SMILES string of the molecule is CN(Cc1ccc(Cl)cc1Cl)Cc1cc(=O)oc2cc(O)ccc12. The standard InChI is InChI=1S/C18H15Cl2NO3/c1-21(9-11-2-3-13(19)7-16(11)20)10-12-6-18(23)24-17-8-14(22)4-5-15(12)17/h2-8,22H,9-10H2,1H3. The average Bonchev–Trinajstić information content (AvgIpc) is 2.49. The highest BCUT2D eigenvalue weighted by molar-refractivity contribution is 6.35. The monoisotopic (exact) mass is 363 g/mol. The summed E-state index contributed by atoms with van der Waals surface area (Å²) < 4.78 is 5.15. The minimum absolute atomic E-state index is 0.0594. The Kier molecular flexibility index (Phi) is 4.81. The lowest BCUT2D eigenvalue weighted by atomic mass is 10.1. The fourth-order valence-electron chi connectivity index (χ4n) is 2.64. The maximum atomic E-state index is 11.7. The van der Waals surface area contributed by atoms with Crippen molar-refractivity contribution >= 4 is 34.2 Å². The normalized spacial score (nSPS) is 11.3. The molecule has 0 unspecified atom stereocenters. The number of nitrogens with zero attached hydrogens (tertiary/aromatic N) is 1. The van der Waals surface area contributed by atoms with E-state index in [1.165, 1.54) is 12.1 Å². The average molecular weight is 364 g/mol. The van der Waals surface area contributed by atoms with Crippen LogP contribution in [-0.4, -0.2) is 17.1 Å². The van der Waals surface area contributed by atoms with E-state index in [9.17, 15) is 9.90 Å². The third kappa shape index (κ3) is 3.73. The number of aromatic hydroxyl groups is 1. The summed E-state index contributed by atoms with van der Waals surface area (Å²) >= 11 is 12.1. The Balaban J connectivity index is 1.87. The number of rotatable bonds is 4. The summed E-state index contributed by atoms with van der Waals surface area (Å²) in [4.78, 5) is 13.8. The van der Waals surface area contributed by atoms with Crippen molar-refractivity contribution in [2.24, 2.45) is 0 Å². The molecule has 1 N–H and O–H groups in total. The summed E-state index contributed by atoms with van der Waals surface area (Å²) in [6.45, 7) is 1.14. The van der Waals surface area contributed by atoms with Crippen molar-refractivity contribution < 1.29 is 9.52 Å². The van der Waals surface area contributed by atoms with Gasteiger partial charge in [0, 0.05) is 40.7 Å². The van der Waals surface area contributed by atoms with Crippen LogP contribution in [0.2, 0.25) is 10.0 Å². The van der Waals surface area contributed by atoms with Crippen molar-refractivity contribution in [2.45, 2.75) is 13.1 Å². The lowest BCUT2D eigenvalue weighted by molar-refractivity contribution is 0.319. The third-order valence-corrected chi connectivity index (χ3v) is 4.30. The van der Waals surface area contributed by atoms with Gasteiger partial charge in [0.2, 0.25) is 0 Å². The summed E-state index contributed by atoms with van der Waals surface area (Å²) in [5.41, 5.74) is 1.71. The van der Waals surface area contributed by atoms with Gasteiger partial charge in [-0.3, -0.25) is 4.90 Å². The Morgan fingerprint density at radius 1 is 1.04 bits per heavy atom. The topological polar surface area (TPSA) is 53.7 Å². The van der Waals surface area contributed by atoms with Crippen LogP contribution in [0.3, 0.4) is 0 Å². The summed E-state index contributed by atoms with van der Waals surface area (Å²) in [5.74, 6) is 0.0594. The van der Waals surface area contributed by atoms with Crippen LogP contribution in [0.1, 0.15) is 11.1 Å². The highest BCUT2D eigenvalue weighted by atomic mass is 35.5. The Bertz CT molecular complexity index is 953. The molecule has 0 bridgehead atoms. The quantitative estimate of drug-likeness (QED) is 0.696. The second kappa shape index (κ2) is 6.85. The van der Waals surface area contributed by atoms with Crippen LogP contribution >= 0.6 is 23.2 Å². The smallest absolute Gasteiger partial charge is 0.336 e. The van der Waals surface area contributed by atoms with Gasteiger partial charge in [0.15, 0.2) is 0 Å². The Labute approximate surface area is 148 Å². The molecule has 0 atom stereocenters. The van der Waals surface area contributed by atoms with Crippen LogP contribution in [-0.2, 0) is 13.1 Å². The molecule has 3 aromatic rings. The molecule has 0 radical (unpaired) electrons. The number of hydrogen-bond donors (Lipinski definition) is 1. The predicted octanol–water partition coefficient (Wildman–Crippen LogP) is 4.44. The van der Waals surface area contributed by atoms with Crippen molar-refractivity contribution in [3.05, 3.63) is 74.1 Å². The molecule has 0 aliphatic carbocycles. The zero-order valence-corrected chi connectivity index (χ0v) is 14.4. The van der Waals surface area contributed by atoms with Gasteiger partial charge >= 0.3 is 5.63 Å². The third-order valence-electron chi connectivity index (χ3n) is 3.71. The van der Waals surface area contributed by atoms with E-state index in [-0.39, 0.29) is 5.75 Å². The molecule has 1 heterocycles. The number of halogens is 2. The molecule has 0 amide bonds. The van der Waals surface area contributed by atoms with Gasteiger partial charge in [-0.25, -0.2) is 4.79 Å². The van der Waals surface area contributed by atoms with E-state index in [1.54, 1.807) is 24.3 Å². The van der Waals surface area contributed by atoms with Gasteiger partial charge in [0.25, 0.3) is 0 Å². The number of benzene rings is 2. The van der Waals surface area contributed by atoms with Gasteiger partial charge < -0.3 is 9.52 Å². The molecule has 0 saturated carbocycles. The van der Waals surface area contributed by atoms with E-state index < -0.39 is 5.63 Å². The summed E-state index contributed by atoms with van der Waals surface area (Å²) in [5, 5.41) is 11.5. The minimum atomic E-state index is -0.443. The first-order valence-electron chi connectivity index (χ1n) is 7.30. The lowest BCUT2D eigenvalue weighted by Gasteiger charge is -2.18. The summed E-state index contributed by atoms with van der Waals surface area (Å²) in [6.07, 6.45) is 0. The maximum absolute atomic E-state index is 11.7. The first kappa shape index (κ1) is 16.8. The lowest BCUT2D eigenvalue weighted by Crippen LogP contribution is -2.18.